The first-order valence-electron chi connectivity index (χ1n) is 5.96. The Bertz CT molecular complexity index is 703. The first-order valence-corrected chi connectivity index (χ1v) is 7.41. The van der Waals surface area contributed by atoms with Gasteiger partial charge in [0.2, 0.25) is 0 Å². The second-order valence-electron chi connectivity index (χ2n) is 4.15. The maximum Gasteiger partial charge on any atom is 0.337 e. The molecule has 2 aromatic carbocycles. The van der Waals surface area contributed by atoms with Gasteiger partial charge in [-0.05, 0) is 59.0 Å². The summed E-state index contributed by atoms with van der Waals surface area (Å²) in [4.78, 5) is 23.7. The van der Waals surface area contributed by atoms with E-state index in [9.17, 15) is 9.59 Å². The van der Waals surface area contributed by atoms with E-state index in [0.717, 1.165) is 3.57 Å². The lowest BCUT2D eigenvalue weighted by Gasteiger charge is -2.08. The van der Waals surface area contributed by atoms with Crippen molar-refractivity contribution in [3.8, 4) is 0 Å². The standard InChI is InChI=1S/C15H11ClINO3/c1-21-15(20)9-3-2-4-11(7-9)18-14(19)12-8-10(16)5-6-13(12)17/h2-8H,1H3,(H,18,19). The zero-order valence-electron chi connectivity index (χ0n) is 11.0. The highest BCUT2D eigenvalue weighted by atomic mass is 127. The molecule has 2 aromatic rings. The Kier molecular flexibility index (Phi) is 5.19. The van der Waals surface area contributed by atoms with E-state index in [1.54, 1.807) is 42.5 Å². The molecule has 0 radical (unpaired) electrons. The van der Waals surface area contributed by atoms with Crippen molar-refractivity contribution in [2.24, 2.45) is 0 Å². The van der Waals surface area contributed by atoms with Crippen LogP contribution in [0.25, 0.3) is 0 Å². The third kappa shape index (κ3) is 3.95. The van der Waals surface area contributed by atoms with Crippen LogP contribution in [0.4, 0.5) is 5.69 Å². The Hall–Kier alpha value is -1.60. The van der Waals surface area contributed by atoms with Gasteiger partial charge in [-0.15, -0.1) is 0 Å². The van der Waals surface area contributed by atoms with E-state index in [4.69, 9.17) is 11.6 Å². The molecule has 0 aliphatic heterocycles. The van der Waals surface area contributed by atoms with Gasteiger partial charge in [-0.3, -0.25) is 4.79 Å². The van der Waals surface area contributed by atoms with Gasteiger partial charge < -0.3 is 10.1 Å². The average Bonchev–Trinajstić information content (AvgIpc) is 2.49. The summed E-state index contributed by atoms with van der Waals surface area (Å²) in [6, 6.07) is 11.6. The van der Waals surface area contributed by atoms with Crippen molar-refractivity contribution in [3.05, 3.63) is 62.2 Å². The molecule has 2 rings (SSSR count). The Morgan fingerprint density at radius 3 is 2.67 bits per heavy atom. The van der Waals surface area contributed by atoms with Crippen LogP contribution < -0.4 is 5.32 Å². The smallest absolute Gasteiger partial charge is 0.337 e. The Labute approximate surface area is 140 Å². The molecule has 0 fully saturated rings. The van der Waals surface area contributed by atoms with Crippen LogP contribution in [0.3, 0.4) is 0 Å². The molecule has 0 saturated heterocycles. The molecule has 0 bridgehead atoms. The highest BCUT2D eigenvalue weighted by Crippen LogP contribution is 2.20. The molecular formula is C15H11ClINO3. The van der Waals surface area contributed by atoms with E-state index >= 15 is 0 Å². The van der Waals surface area contributed by atoms with Crippen LogP contribution >= 0.6 is 34.2 Å². The number of carbonyl (C=O) groups is 2. The van der Waals surface area contributed by atoms with Gasteiger partial charge in [0.05, 0.1) is 18.2 Å². The summed E-state index contributed by atoms with van der Waals surface area (Å²) in [5.74, 6) is -0.743. The fraction of sp³-hybridized carbons (Fsp3) is 0.0667. The van der Waals surface area contributed by atoms with Crippen LogP contribution in [-0.2, 0) is 4.74 Å². The van der Waals surface area contributed by atoms with Gasteiger partial charge in [0, 0.05) is 14.3 Å². The number of carbonyl (C=O) groups excluding carboxylic acids is 2. The van der Waals surface area contributed by atoms with Crippen molar-refractivity contribution in [3.63, 3.8) is 0 Å². The predicted molar refractivity (Wildman–Crippen MR) is 89.9 cm³/mol. The normalized spacial score (nSPS) is 10.0. The molecule has 6 heteroatoms. The number of hydrogen-bond donors (Lipinski definition) is 1. The molecule has 108 valence electrons. The monoisotopic (exact) mass is 415 g/mol. The number of methoxy groups -OCH3 is 1. The zero-order chi connectivity index (χ0) is 15.4. The largest absolute Gasteiger partial charge is 0.465 e. The number of anilines is 1. The number of benzene rings is 2. The lowest BCUT2D eigenvalue weighted by molar-refractivity contribution is 0.0600. The summed E-state index contributed by atoms with van der Waals surface area (Å²) in [5.41, 5.74) is 1.36. The molecule has 4 nitrogen and oxygen atoms in total. The summed E-state index contributed by atoms with van der Waals surface area (Å²) >= 11 is 7.97. The summed E-state index contributed by atoms with van der Waals surface area (Å²) < 4.78 is 5.44. The van der Waals surface area contributed by atoms with Crippen molar-refractivity contribution in [1.82, 2.24) is 0 Å². The fourth-order valence-electron chi connectivity index (χ4n) is 1.71. The minimum atomic E-state index is -0.455. The minimum Gasteiger partial charge on any atom is -0.465 e. The second-order valence-corrected chi connectivity index (χ2v) is 5.75. The van der Waals surface area contributed by atoms with Crippen molar-refractivity contribution in [2.45, 2.75) is 0 Å². The SMILES string of the molecule is COC(=O)c1cccc(NC(=O)c2cc(Cl)ccc2I)c1. The Morgan fingerprint density at radius 1 is 1.19 bits per heavy atom. The molecule has 1 N–H and O–H groups in total. The molecule has 0 saturated carbocycles. The molecule has 0 atom stereocenters. The third-order valence-electron chi connectivity index (χ3n) is 2.71. The zero-order valence-corrected chi connectivity index (χ0v) is 13.9. The van der Waals surface area contributed by atoms with Gasteiger partial charge >= 0.3 is 5.97 Å². The van der Waals surface area contributed by atoms with Gasteiger partial charge in [0.15, 0.2) is 0 Å². The molecular weight excluding hydrogens is 405 g/mol. The van der Waals surface area contributed by atoms with E-state index < -0.39 is 5.97 Å². The van der Waals surface area contributed by atoms with E-state index in [-0.39, 0.29) is 5.91 Å². The van der Waals surface area contributed by atoms with Crippen LogP contribution in [0.5, 0.6) is 0 Å². The van der Waals surface area contributed by atoms with Crippen molar-refractivity contribution in [2.75, 3.05) is 12.4 Å². The number of rotatable bonds is 3. The summed E-state index contributed by atoms with van der Waals surface area (Å²) in [6.07, 6.45) is 0. The number of esters is 1. The molecule has 0 aromatic heterocycles. The lowest BCUT2D eigenvalue weighted by Crippen LogP contribution is -2.14. The Morgan fingerprint density at radius 2 is 1.95 bits per heavy atom. The van der Waals surface area contributed by atoms with E-state index in [1.807, 2.05) is 0 Å². The molecule has 0 heterocycles. The first-order chi connectivity index (χ1) is 10.0. The van der Waals surface area contributed by atoms with Crippen LogP contribution in [0, 0.1) is 3.57 Å². The van der Waals surface area contributed by atoms with Gasteiger partial charge in [-0.25, -0.2) is 4.79 Å². The predicted octanol–water partition coefficient (Wildman–Crippen LogP) is 3.98. The Balaban J connectivity index is 2.23. The molecule has 21 heavy (non-hydrogen) atoms. The van der Waals surface area contributed by atoms with Gasteiger partial charge in [-0.2, -0.15) is 0 Å². The summed E-state index contributed by atoms with van der Waals surface area (Å²) in [6.45, 7) is 0. The molecule has 0 aliphatic carbocycles. The van der Waals surface area contributed by atoms with E-state index in [1.165, 1.54) is 7.11 Å². The summed E-state index contributed by atoms with van der Waals surface area (Å²) in [5, 5.41) is 3.23. The van der Waals surface area contributed by atoms with Crippen molar-refractivity contribution >= 4 is 51.8 Å². The van der Waals surface area contributed by atoms with Crippen LogP contribution in [-0.4, -0.2) is 19.0 Å². The second kappa shape index (κ2) is 6.91. The number of nitrogens with one attached hydrogen (secondary N) is 1. The van der Waals surface area contributed by atoms with Crippen molar-refractivity contribution in [1.29, 1.82) is 0 Å². The topological polar surface area (TPSA) is 55.4 Å². The summed E-state index contributed by atoms with van der Waals surface area (Å²) in [7, 11) is 1.31. The molecule has 0 unspecified atom stereocenters. The van der Waals surface area contributed by atoms with Gasteiger partial charge in [0.25, 0.3) is 5.91 Å². The van der Waals surface area contributed by atoms with Gasteiger partial charge in [-0.1, -0.05) is 17.7 Å². The number of halogens is 2. The molecule has 0 spiro atoms. The maximum absolute atomic E-state index is 12.2. The highest BCUT2D eigenvalue weighted by Gasteiger charge is 2.12. The van der Waals surface area contributed by atoms with Crippen LogP contribution in [0.1, 0.15) is 20.7 Å². The number of amides is 1. The van der Waals surface area contributed by atoms with E-state index in [0.29, 0.717) is 21.8 Å². The number of ether oxygens (including phenoxy) is 1. The third-order valence-corrected chi connectivity index (χ3v) is 3.89. The van der Waals surface area contributed by atoms with Crippen LogP contribution in [0.2, 0.25) is 5.02 Å². The van der Waals surface area contributed by atoms with E-state index in [2.05, 4.69) is 32.6 Å². The first kappa shape index (κ1) is 15.8. The van der Waals surface area contributed by atoms with Crippen LogP contribution in [0.15, 0.2) is 42.5 Å². The fourth-order valence-corrected chi connectivity index (χ4v) is 2.46. The molecule has 1 amide bonds. The number of hydrogen-bond acceptors (Lipinski definition) is 3. The minimum absolute atomic E-state index is 0.288. The van der Waals surface area contributed by atoms with Gasteiger partial charge in [0.1, 0.15) is 0 Å². The average molecular weight is 416 g/mol. The maximum atomic E-state index is 12.2. The highest BCUT2D eigenvalue weighted by molar-refractivity contribution is 14.1. The molecule has 0 aliphatic rings. The van der Waals surface area contributed by atoms with Crippen molar-refractivity contribution < 1.29 is 14.3 Å². The lowest BCUT2D eigenvalue weighted by atomic mass is 10.1. The quantitative estimate of drug-likeness (QED) is 0.609.